The Morgan fingerprint density at radius 3 is 2.65 bits per heavy atom. The molecular formula is C18H18N2O3. The monoisotopic (exact) mass is 310 g/mol. The molecule has 1 amide bonds. The molecule has 1 heterocycles. The zero-order valence-electron chi connectivity index (χ0n) is 12.9. The first-order valence-electron chi connectivity index (χ1n) is 7.54. The molecule has 0 radical (unpaired) electrons. The van der Waals surface area contributed by atoms with Crippen LogP contribution in [0.5, 0.6) is 0 Å². The van der Waals surface area contributed by atoms with Gasteiger partial charge in [0.2, 0.25) is 5.91 Å². The van der Waals surface area contributed by atoms with Crippen LogP contribution in [0.4, 0.5) is 0 Å². The normalized spacial score (nSPS) is 10.8. The van der Waals surface area contributed by atoms with Gasteiger partial charge in [0.25, 0.3) is 0 Å². The van der Waals surface area contributed by atoms with Crippen LogP contribution in [0, 0.1) is 6.92 Å². The topological polar surface area (TPSA) is 75.1 Å². The lowest BCUT2D eigenvalue weighted by atomic mass is 10.1. The van der Waals surface area contributed by atoms with Crippen molar-refractivity contribution in [2.75, 3.05) is 6.54 Å². The van der Waals surface area contributed by atoms with Gasteiger partial charge in [0.15, 0.2) is 5.58 Å². The van der Waals surface area contributed by atoms with Crippen LogP contribution in [0.3, 0.4) is 0 Å². The number of aryl methyl sites for hydroxylation is 1. The third-order valence-electron chi connectivity index (χ3n) is 3.71. The number of aromatic amines is 1. The highest BCUT2D eigenvalue weighted by atomic mass is 16.4. The Morgan fingerprint density at radius 2 is 1.87 bits per heavy atom. The van der Waals surface area contributed by atoms with Crippen LogP contribution in [-0.2, 0) is 17.6 Å². The minimum Gasteiger partial charge on any atom is -0.408 e. The number of aromatic nitrogens is 1. The van der Waals surface area contributed by atoms with Crippen LogP contribution < -0.4 is 11.1 Å². The van der Waals surface area contributed by atoms with Gasteiger partial charge < -0.3 is 9.73 Å². The number of H-pyrrole nitrogens is 1. The van der Waals surface area contributed by atoms with Gasteiger partial charge in [-0.25, -0.2) is 4.79 Å². The number of nitrogens with one attached hydrogen (secondary N) is 2. The van der Waals surface area contributed by atoms with Crippen molar-refractivity contribution < 1.29 is 9.21 Å². The molecule has 0 saturated heterocycles. The van der Waals surface area contributed by atoms with E-state index < -0.39 is 5.76 Å². The Bertz CT molecular complexity index is 875. The minimum absolute atomic E-state index is 0.00288. The number of rotatable bonds is 5. The number of amides is 1. The second-order valence-electron chi connectivity index (χ2n) is 5.61. The van der Waals surface area contributed by atoms with Gasteiger partial charge in [-0.1, -0.05) is 35.9 Å². The molecule has 3 rings (SSSR count). The summed E-state index contributed by atoms with van der Waals surface area (Å²) >= 11 is 0. The van der Waals surface area contributed by atoms with Crippen LogP contribution in [0.1, 0.15) is 16.7 Å². The van der Waals surface area contributed by atoms with Crippen molar-refractivity contribution in [3.05, 3.63) is 69.7 Å². The Morgan fingerprint density at radius 1 is 1.13 bits per heavy atom. The standard InChI is InChI=1S/C18H18N2O3/c1-12-2-4-13(5-3-12)11-17(21)19-9-8-14-6-7-15-16(10-14)23-18(22)20-15/h2-7,10H,8-9,11H2,1H3,(H,19,21)(H,20,22). The number of hydrogen-bond acceptors (Lipinski definition) is 3. The predicted octanol–water partition coefficient (Wildman–Crippen LogP) is 2.33. The van der Waals surface area contributed by atoms with Crippen molar-refractivity contribution in [1.82, 2.24) is 10.3 Å². The van der Waals surface area contributed by atoms with Gasteiger partial charge in [0.1, 0.15) is 0 Å². The molecule has 5 heteroatoms. The maximum atomic E-state index is 11.9. The first-order chi connectivity index (χ1) is 11.1. The first kappa shape index (κ1) is 15.1. The molecule has 0 spiro atoms. The van der Waals surface area contributed by atoms with Gasteiger partial charge in [0, 0.05) is 6.54 Å². The van der Waals surface area contributed by atoms with Crippen LogP contribution in [-0.4, -0.2) is 17.4 Å². The highest BCUT2D eigenvalue weighted by molar-refractivity contribution is 5.78. The molecule has 2 aromatic carbocycles. The Balaban J connectivity index is 1.52. The molecule has 0 unspecified atom stereocenters. The lowest BCUT2D eigenvalue weighted by Crippen LogP contribution is -2.27. The highest BCUT2D eigenvalue weighted by Gasteiger charge is 2.05. The first-order valence-corrected chi connectivity index (χ1v) is 7.54. The van der Waals surface area contributed by atoms with Gasteiger partial charge in [-0.3, -0.25) is 9.78 Å². The van der Waals surface area contributed by atoms with Gasteiger partial charge in [-0.2, -0.15) is 0 Å². The zero-order chi connectivity index (χ0) is 16.2. The van der Waals surface area contributed by atoms with E-state index in [1.165, 1.54) is 5.56 Å². The third kappa shape index (κ3) is 3.88. The second kappa shape index (κ2) is 6.52. The summed E-state index contributed by atoms with van der Waals surface area (Å²) in [5.74, 6) is -0.452. The molecule has 118 valence electrons. The number of carbonyl (C=O) groups is 1. The molecular weight excluding hydrogens is 292 g/mol. The molecule has 1 aromatic heterocycles. The number of fused-ring (bicyclic) bond motifs is 1. The Hall–Kier alpha value is -2.82. The Labute approximate surface area is 133 Å². The van der Waals surface area contributed by atoms with Crippen molar-refractivity contribution >= 4 is 17.0 Å². The third-order valence-corrected chi connectivity index (χ3v) is 3.71. The van der Waals surface area contributed by atoms with E-state index in [1.807, 2.05) is 49.4 Å². The number of hydrogen-bond donors (Lipinski definition) is 2. The molecule has 0 aliphatic carbocycles. The maximum Gasteiger partial charge on any atom is 0.417 e. The van der Waals surface area contributed by atoms with Gasteiger partial charge in [0.05, 0.1) is 11.9 Å². The minimum atomic E-state index is -0.455. The van der Waals surface area contributed by atoms with E-state index in [1.54, 1.807) is 0 Å². The van der Waals surface area contributed by atoms with E-state index in [0.29, 0.717) is 30.5 Å². The SMILES string of the molecule is Cc1ccc(CC(=O)NCCc2ccc3[nH]c(=O)oc3c2)cc1. The Kier molecular flexibility index (Phi) is 4.28. The summed E-state index contributed by atoms with van der Waals surface area (Å²) < 4.78 is 5.03. The van der Waals surface area contributed by atoms with Gasteiger partial charge in [-0.05, 0) is 36.6 Å². The van der Waals surface area contributed by atoms with E-state index in [0.717, 1.165) is 11.1 Å². The second-order valence-corrected chi connectivity index (χ2v) is 5.61. The fourth-order valence-corrected chi connectivity index (χ4v) is 2.45. The van der Waals surface area contributed by atoms with E-state index in [4.69, 9.17) is 4.42 Å². The van der Waals surface area contributed by atoms with Crippen LogP contribution in [0.25, 0.3) is 11.1 Å². The molecule has 0 saturated carbocycles. The summed E-state index contributed by atoms with van der Waals surface area (Å²) in [6.45, 7) is 2.57. The summed E-state index contributed by atoms with van der Waals surface area (Å²) in [5.41, 5.74) is 4.42. The molecule has 0 atom stereocenters. The molecule has 3 aromatic rings. The van der Waals surface area contributed by atoms with Gasteiger partial charge in [-0.15, -0.1) is 0 Å². The van der Waals surface area contributed by atoms with Gasteiger partial charge >= 0.3 is 5.76 Å². The molecule has 0 aliphatic rings. The number of oxazole rings is 1. The molecule has 23 heavy (non-hydrogen) atoms. The van der Waals surface area contributed by atoms with Crippen molar-refractivity contribution in [3.63, 3.8) is 0 Å². The fraction of sp³-hybridized carbons (Fsp3) is 0.222. The zero-order valence-corrected chi connectivity index (χ0v) is 12.9. The summed E-state index contributed by atoms with van der Waals surface area (Å²) in [6, 6.07) is 13.5. The summed E-state index contributed by atoms with van der Waals surface area (Å²) in [7, 11) is 0. The van der Waals surface area contributed by atoms with Crippen molar-refractivity contribution in [2.45, 2.75) is 19.8 Å². The average Bonchev–Trinajstić information content (AvgIpc) is 2.89. The maximum absolute atomic E-state index is 11.9. The largest absolute Gasteiger partial charge is 0.417 e. The molecule has 2 N–H and O–H groups in total. The smallest absolute Gasteiger partial charge is 0.408 e. The van der Waals surface area contributed by atoms with Crippen molar-refractivity contribution in [2.24, 2.45) is 0 Å². The van der Waals surface area contributed by atoms with E-state index in [9.17, 15) is 9.59 Å². The molecule has 5 nitrogen and oxygen atoms in total. The molecule has 0 fully saturated rings. The summed E-state index contributed by atoms with van der Waals surface area (Å²) in [5, 5.41) is 2.91. The van der Waals surface area contributed by atoms with Crippen LogP contribution in [0.2, 0.25) is 0 Å². The lowest BCUT2D eigenvalue weighted by Gasteiger charge is -2.06. The van der Waals surface area contributed by atoms with E-state index in [2.05, 4.69) is 10.3 Å². The fourth-order valence-electron chi connectivity index (χ4n) is 2.45. The average molecular weight is 310 g/mol. The predicted molar refractivity (Wildman–Crippen MR) is 88.4 cm³/mol. The van der Waals surface area contributed by atoms with Crippen molar-refractivity contribution in [1.29, 1.82) is 0 Å². The highest BCUT2D eigenvalue weighted by Crippen LogP contribution is 2.12. The summed E-state index contributed by atoms with van der Waals surface area (Å²) in [6.07, 6.45) is 1.07. The molecule has 0 bridgehead atoms. The summed E-state index contributed by atoms with van der Waals surface area (Å²) in [4.78, 5) is 25.6. The van der Waals surface area contributed by atoms with Crippen LogP contribution in [0.15, 0.2) is 51.7 Å². The lowest BCUT2D eigenvalue weighted by molar-refractivity contribution is -0.120. The van der Waals surface area contributed by atoms with Crippen LogP contribution >= 0.6 is 0 Å². The molecule has 0 aliphatic heterocycles. The van der Waals surface area contributed by atoms with E-state index in [-0.39, 0.29) is 5.91 Å². The number of benzene rings is 2. The van der Waals surface area contributed by atoms with Crippen molar-refractivity contribution in [3.8, 4) is 0 Å². The van der Waals surface area contributed by atoms with E-state index >= 15 is 0 Å². The number of carbonyl (C=O) groups excluding carboxylic acids is 1. The quantitative estimate of drug-likeness (QED) is 0.759.